The third-order valence-corrected chi connectivity index (χ3v) is 3.17. The molecule has 5 nitrogen and oxygen atoms in total. The zero-order valence-corrected chi connectivity index (χ0v) is 10.6. The second-order valence-corrected chi connectivity index (χ2v) is 4.35. The smallest absolute Gasteiger partial charge is 0.155 e. The van der Waals surface area contributed by atoms with Gasteiger partial charge in [0.15, 0.2) is 5.65 Å². The first-order valence-electron chi connectivity index (χ1n) is 5.97. The van der Waals surface area contributed by atoms with Crippen LogP contribution < -0.4 is 10.5 Å². The van der Waals surface area contributed by atoms with E-state index in [1.807, 2.05) is 24.3 Å². The summed E-state index contributed by atoms with van der Waals surface area (Å²) in [5.41, 5.74) is 9.68. The Hall–Kier alpha value is -2.56. The van der Waals surface area contributed by atoms with Crippen LogP contribution in [0.1, 0.15) is 11.1 Å². The quantitative estimate of drug-likeness (QED) is 0.750. The number of pyridine rings is 1. The molecule has 0 amide bonds. The first kappa shape index (κ1) is 11.5. The lowest BCUT2D eigenvalue weighted by molar-refractivity contribution is 0.414. The summed E-state index contributed by atoms with van der Waals surface area (Å²) >= 11 is 0. The number of aromatic amines is 1. The van der Waals surface area contributed by atoms with Crippen molar-refractivity contribution in [2.75, 3.05) is 12.8 Å². The first-order valence-corrected chi connectivity index (χ1v) is 5.97. The van der Waals surface area contributed by atoms with Crippen molar-refractivity contribution in [3.63, 3.8) is 0 Å². The van der Waals surface area contributed by atoms with Crippen LogP contribution in [0.4, 0.5) is 5.69 Å². The minimum atomic E-state index is 0.685. The van der Waals surface area contributed by atoms with Crippen molar-refractivity contribution in [3.8, 4) is 5.75 Å². The number of ether oxygens (including phenoxy) is 1. The van der Waals surface area contributed by atoms with Crippen LogP contribution in [0.2, 0.25) is 0 Å². The summed E-state index contributed by atoms with van der Waals surface area (Å²) in [6.07, 6.45) is 4.17. The molecule has 2 heterocycles. The van der Waals surface area contributed by atoms with Gasteiger partial charge < -0.3 is 10.5 Å². The maximum absolute atomic E-state index is 6.02. The number of nitrogen functional groups attached to an aromatic ring is 1. The fraction of sp³-hybridized carbons (Fsp3) is 0.143. The molecule has 3 rings (SSSR count). The molecular formula is C14H14N4O. The van der Waals surface area contributed by atoms with Crippen LogP contribution in [-0.2, 0) is 6.42 Å². The van der Waals surface area contributed by atoms with E-state index in [1.165, 1.54) is 5.56 Å². The normalized spacial score (nSPS) is 10.8. The van der Waals surface area contributed by atoms with E-state index >= 15 is 0 Å². The Balaban J connectivity index is 1.99. The molecule has 5 heteroatoms. The number of methoxy groups -OCH3 is 1. The lowest BCUT2D eigenvalue weighted by atomic mass is 10.0. The lowest BCUT2D eigenvalue weighted by Gasteiger charge is -2.07. The largest absolute Gasteiger partial charge is 0.497 e. The Morgan fingerprint density at radius 1 is 1.21 bits per heavy atom. The maximum atomic E-state index is 6.02. The summed E-state index contributed by atoms with van der Waals surface area (Å²) in [6.45, 7) is 0. The van der Waals surface area contributed by atoms with Crippen LogP contribution in [-0.4, -0.2) is 22.3 Å². The van der Waals surface area contributed by atoms with Crippen LogP contribution in [0.15, 0.2) is 36.7 Å². The third kappa shape index (κ3) is 2.10. The Bertz CT molecular complexity index is 703. The standard InChI is InChI=1S/C14H14N4O/c1-19-10-4-2-9(3-5-10)6-11-12-7-17-18-14(12)16-8-13(11)15/h2-5,7-8H,6,15H2,1H3,(H,16,17,18). The number of aromatic nitrogens is 3. The van der Waals surface area contributed by atoms with Gasteiger partial charge in [-0.05, 0) is 23.3 Å². The van der Waals surface area contributed by atoms with Gasteiger partial charge in [0, 0.05) is 11.8 Å². The van der Waals surface area contributed by atoms with Crippen LogP contribution in [0.5, 0.6) is 5.75 Å². The molecule has 0 aliphatic rings. The topological polar surface area (TPSA) is 76.8 Å². The third-order valence-electron chi connectivity index (χ3n) is 3.17. The highest BCUT2D eigenvalue weighted by Crippen LogP contribution is 2.24. The summed E-state index contributed by atoms with van der Waals surface area (Å²) in [4.78, 5) is 4.21. The number of nitrogens with zero attached hydrogens (tertiary/aromatic N) is 2. The molecule has 0 spiro atoms. The van der Waals surface area contributed by atoms with Crippen molar-refractivity contribution in [2.24, 2.45) is 0 Å². The van der Waals surface area contributed by atoms with E-state index in [1.54, 1.807) is 19.5 Å². The van der Waals surface area contributed by atoms with E-state index in [-0.39, 0.29) is 0 Å². The highest BCUT2D eigenvalue weighted by Gasteiger charge is 2.09. The molecule has 96 valence electrons. The van der Waals surface area contributed by atoms with Crippen molar-refractivity contribution in [1.82, 2.24) is 15.2 Å². The number of hydrogen-bond acceptors (Lipinski definition) is 4. The lowest BCUT2D eigenvalue weighted by Crippen LogP contribution is -1.98. The summed E-state index contributed by atoms with van der Waals surface area (Å²) in [5, 5.41) is 7.83. The van der Waals surface area contributed by atoms with Gasteiger partial charge in [-0.2, -0.15) is 5.10 Å². The summed E-state index contributed by atoms with van der Waals surface area (Å²) in [7, 11) is 1.66. The average Bonchev–Trinajstić information content (AvgIpc) is 2.91. The number of nitrogens with one attached hydrogen (secondary N) is 1. The van der Waals surface area contributed by atoms with Gasteiger partial charge >= 0.3 is 0 Å². The number of H-pyrrole nitrogens is 1. The second-order valence-electron chi connectivity index (χ2n) is 4.35. The zero-order valence-electron chi connectivity index (χ0n) is 10.6. The van der Waals surface area contributed by atoms with Crippen molar-refractivity contribution in [3.05, 3.63) is 47.8 Å². The van der Waals surface area contributed by atoms with E-state index in [0.29, 0.717) is 5.69 Å². The van der Waals surface area contributed by atoms with E-state index in [0.717, 1.165) is 28.8 Å². The molecule has 0 saturated carbocycles. The molecule has 0 saturated heterocycles. The van der Waals surface area contributed by atoms with Crippen molar-refractivity contribution >= 4 is 16.7 Å². The minimum Gasteiger partial charge on any atom is -0.497 e. The van der Waals surface area contributed by atoms with Gasteiger partial charge in [0.25, 0.3) is 0 Å². The van der Waals surface area contributed by atoms with Crippen LogP contribution in [0, 0.1) is 0 Å². The maximum Gasteiger partial charge on any atom is 0.155 e. The molecule has 1 aromatic carbocycles. The monoisotopic (exact) mass is 254 g/mol. The molecule has 19 heavy (non-hydrogen) atoms. The van der Waals surface area contributed by atoms with Gasteiger partial charge in [-0.15, -0.1) is 0 Å². The molecule has 0 aliphatic carbocycles. The average molecular weight is 254 g/mol. The molecule has 0 radical (unpaired) electrons. The number of fused-ring (bicyclic) bond motifs is 1. The molecule has 0 unspecified atom stereocenters. The van der Waals surface area contributed by atoms with Crippen LogP contribution in [0.25, 0.3) is 11.0 Å². The SMILES string of the molecule is COc1ccc(Cc2c(N)cnc3[nH]ncc23)cc1. The van der Waals surface area contributed by atoms with Gasteiger partial charge in [0.2, 0.25) is 0 Å². The predicted molar refractivity (Wildman–Crippen MR) is 74.1 cm³/mol. The van der Waals surface area contributed by atoms with Gasteiger partial charge in [0.1, 0.15) is 5.75 Å². The Labute approximate surface area is 110 Å². The van der Waals surface area contributed by atoms with Crippen molar-refractivity contribution in [2.45, 2.75) is 6.42 Å². The van der Waals surface area contributed by atoms with Gasteiger partial charge in [-0.3, -0.25) is 5.10 Å². The van der Waals surface area contributed by atoms with E-state index in [4.69, 9.17) is 10.5 Å². The Kier molecular flexibility index (Phi) is 2.79. The van der Waals surface area contributed by atoms with E-state index in [9.17, 15) is 0 Å². The van der Waals surface area contributed by atoms with E-state index in [2.05, 4.69) is 15.2 Å². The summed E-state index contributed by atoms with van der Waals surface area (Å²) < 4.78 is 5.15. The predicted octanol–water partition coefficient (Wildman–Crippen LogP) is 2.14. The summed E-state index contributed by atoms with van der Waals surface area (Å²) in [5.74, 6) is 0.847. The van der Waals surface area contributed by atoms with Gasteiger partial charge in [-0.1, -0.05) is 12.1 Å². The number of hydrogen-bond donors (Lipinski definition) is 2. The zero-order chi connectivity index (χ0) is 13.2. The molecule has 0 atom stereocenters. The van der Waals surface area contributed by atoms with Gasteiger partial charge in [0.05, 0.1) is 25.2 Å². The fourth-order valence-corrected chi connectivity index (χ4v) is 2.11. The second kappa shape index (κ2) is 4.61. The molecule has 0 aliphatic heterocycles. The van der Waals surface area contributed by atoms with Crippen LogP contribution >= 0.6 is 0 Å². The number of rotatable bonds is 3. The highest BCUT2D eigenvalue weighted by atomic mass is 16.5. The first-order chi connectivity index (χ1) is 9.28. The molecule has 3 aromatic rings. The molecule has 0 fully saturated rings. The van der Waals surface area contributed by atoms with Crippen molar-refractivity contribution < 1.29 is 4.74 Å². The highest BCUT2D eigenvalue weighted by molar-refractivity contribution is 5.83. The molecule has 0 bridgehead atoms. The van der Waals surface area contributed by atoms with E-state index < -0.39 is 0 Å². The molecule has 3 N–H and O–H groups in total. The number of benzene rings is 1. The number of nitrogens with two attached hydrogens (primary N) is 1. The minimum absolute atomic E-state index is 0.685. The summed E-state index contributed by atoms with van der Waals surface area (Å²) in [6, 6.07) is 7.95. The number of anilines is 1. The Morgan fingerprint density at radius 3 is 2.74 bits per heavy atom. The molecule has 2 aromatic heterocycles. The van der Waals surface area contributed by atoms with Crippen LogP contribution in [0.3, 0.4) is 0 Å². The Morgan fingerprint density at radius 2 is 2.00 bits per heavy atom. The van der Waals surface area contributed by atoms with Crippen molar-refractivity contribution in [1.29, 1.82) is 0 Å². The fourth-order valence-electron chi connectivity index (χ4n) is 2.11. The van der Waals surface area contributed by atoms with Gasteiger partial charge in [-0.25, -0.2) is 4.98 Å². The molecular weight excluding hydrogens is 240 g/mol.